The molecular weight excluding hydrogens is 144 g/mol. The van der Waals surface area contributed by atoms with Crippen molar-refractivity contribution in [1.29, 1.82) is 0 Å². The van der Waals surface area contributed by atoms with Crippen LogP contribution in [0.1, 0.15) is 58.3 Å². The quantitative estimate of drug-likeness (QED) is 0.413. The van der Waals surface area contributed by atoms with Crippen molar-refractivity contribution < 1.29 is 0 Å². The maximum Gasteiger partial charge on any atom is 0.00890 e. The zero-order chi connectivity index (χ0) is 9.07. The first kappa shape index (κ1) is 11.6. The molecule has 1 radical (unpaired) electrons. The Morgan fingerprint density at radius 1 is 0.917 bits per heavy atom. The van der Waals surface area contributed by atoms with Crippen LogP contribution in [0.2, 0.25) is 0 Å². The molecule has 0 bridgehead atoms. The highest BCUT2D eigenvalue weighted by Crippen LogP contribution is 2.05. The van der Waals surface area contributed by atoms with E-state index in [0.29, 0.717) is 0 Å². The minimum Gasteiger partial charge on any atom is -0.103 e. The van der Waals surface area contributed by atoms with Crippen molar-refractivity contribution in [1.82, 2.24) is 0 Å². The molecule has 0 fully saturated rings. The lowest BCUT2D eigenvalue weighted by molar-refractivity contribution is 0.614. The summed E-state index contributed by atoms with van der Waals surface area (Å²) in [4.78, 5) is 0. The van der Waals surface area contributed by atoms with Gasteiger partial charge in [-0.1, -0.05) is 39.0 Å². The second kappa shape index (κ2) is 10.6. The zero-order valence-electron chi connectivity index (χ0n) is 8.36. The van der Waals surface area contributed by atoms with Gasteiger partial charge >= 0.3 is 0 Å². The van der Waals surface area contributed by atoms with E-state index in [1.54, 1.807) is 0 Å². The standard InChI is InChI=1S/C12H21/c1-3-5-7-9-11-12-10-8-6-4-2/h1,3-4,6,8-12H2,2H3. The molecule has 12 heavy (non-hydrogen) atoms. The summed E-state index contributed by atoms with van der Waals surface area (Å²) in [7, 11) is 0. The molecule has 0 atom stereocenters. The van der Waals surface area contributed by atoms with Gasteiger partial charge in [-0.15, -0.1) is 11.8 Å². The molecule has 0 rings (SSSR count). The molecule has 0 heterocycles. The third-order valence-corrected chi connectivity index (χ3v) is 1.91. The highest BCUT2D eigenvalue weighted by molar-refractivity contribution is 4.98. The molecule has 0 nitrogen and oxygen atoms in total. The predicted octanol–water partition coefficient (Wildman–Crippen LogP) is 3.96. The number of hydrogen-bond donors (Lipinski definition) is 0. The average Bonchev–Trinajstić information content (AvgIpc) is 2.10. The molecule has 0 amide bonds. The third kappa shape index (κ3) is 9.56. The van der Waals surface area contributed by atoms with Crippen molar-refractivity contribution in [2.75, 3.05) is 0 Å². The highest BCUT2D eigenvalue weighted by Gasteiger charge is 1.87. The van der Waals surface area contributed by atoms with Crippen LogP contribution in [-0.2, 0) is 0 Å². The Morgan fingerprint density at radius 3 is 2.25 bits per heavy atom. The highest BCUT2D eigenvalue weighted by atomic mass is 13.9. The van der Waals surface area contributed by atoms with E-state index in [9.17, 15) is 0 Å². The Bertz CT molecular complexity index is 125. The normalized spacial score (nSPS) is 9.17. The summed E-state index contributed by atoms with van der Waals surface area (Å²) in [6.45, 7) is 5.92. The van der Waals surface area contributed by atoms with Gasteiger partial charge in [-0.05, 0) is 13.3 Å². The van der Waals surface area contributed by atoms with E-state index in [0.717, 1.165) is 12.8 Å². The Morgan fingerprint density at radius 2 is 1.58 bits per heavy atom. The second-order valence-electron chi connectivity index (χ2n) is 3.12. The fourth-order valence-corrected chi connectivity index (χ4v) is 1.17. The maximum atomic E-state index is 3.67. The fraction of sp³-hybridized carbons (Fsp3) is 0.750. The average molecular weight is 165 g/mol. The molecule has 0 N–H and O–H groups in total. The Hall–Kier alpha value is -0.440. The van der Waals surface area contributed by atoms with Crippen molar-refractivity contribution in [3.8, 4) is 11.8 Å². The summed E-state index contributed by atoms with van der Waals surface area (Å²) in [5, 5.41) is 0. The fourth-order valence-electron chi connectivity index (χ4n) is 1.17. The van der Waals surface area contributed by atoms with E-state index < -0.39 is 0 Å². The molecule has 0 unspecified atom stereocenters. The van der Waals surface area contributed by atoms with Crippen LogP contribution in [0.15, 0.2) is 0 Å². The van der Waals surface area contributed by atoms with Crippen LogP contribution in [-0.4, -0.2) is 0 Å². The summed E-state index contributed by atoms with van der Waals surface area (Å²) in [6.07, 6.45) is 9.98. The predicted molar refractivity (Wildman–Crippen MR) is 55.7 cm³/mol. The molecule has 0 aliphatic heterocycles. The molecule has 0 aromatic rings. The van der Waals surface area contributed by atoms with E-state index in [1.165, 1.54) is 38.5 Å². The molecule has 0 heteroatoms. The van der Waals surface area contributed by atoms with E-state index in [-0.39, 0.29) is 0 Å². The lowest BCUT2D eigenvalue weighted by atomic mass is 10.1. The Labute approximate surface area is 77.8 Å². The van der Waals surface area contributed by atoms with E-state index in [1.807, 2.05) is 0 Å². The summed E-state index contributed by atoms with van der Waals surface area (Å²) < 4.78 is 0. The van der Waals surface area contributed by atoms with Gasteiger partial charge in [0.2, 0.25) is 0 Å². The molecule has 0 spiro atoms. The maximum absolute atomic E-state index is 3.67. The molecule has 0 saturated heterocycles. The van der Waals surface area contributed by atoms with Gasteiger partial charge in [0.15, 0.2) is 0 Å². The summed E-state index contributed by atoms with van der Waals surface area (Å²) in [6, 6.07) is 0. The van der Waals surface area contributed by atoms with Gasteiger partial charge in [0.25, 0.3) is 0 Å². The second-order valence-corrected chi connectivity index (χ2v) is 3.12. The minimum absolute atomic E-state index is 0.760. The molecule has 0 saturated carbocycles. The lowest BCUT2D eigenvalue weighted by Crippen LogP contribution is -1.77. The Balaban J connectivity index is 2.91. The van der Waals surface area contributed by atoms with Gasteiger partial charge in [-0.3, -0.25) is 0 Å². The van der Waals surface area contributed by atoms with E-state index in [4.69, 9.17) is 0 Å². The molecule has 0 aliphatic rings. The SMILES string of the molecule is [CH2]CC#CCCCCCCCC. The van der Waals surface area contributed by atoms with Crippen LogP contribution >= 0.6 is 0 Å². The number of unbranched alkanes of at least 4 members (excludes halogenated alkanes) is 6. The van der Waals surface area contributed by atoms with Crippen LogP contribution in [0.4, 0.5) is 0 Å². The van der Waals surface area contributed by atoms with Crippen LogP contribution in [0, 0.1) is 18.8 Å². The Kier molecular flexibility index (Phi) is 10.2. The van der Waals surface area contributed by atoms with Crippen molar-refractivity contribution in [3.63, 3.8) is 0 Å². The van der Waals surface area contributed by atoms with Crippen molar-refractivity contribution >= 4 is 0 Å². The smallest absolute Gasteiger partial charge is 0.00890 e. The molecular formula is C12H21. The zero-order valence-corrected chi connectivity index (χ0v) is 8.36. The number of hydrogen-bond acceptors (Lipinski definition) is 0. The first-order valence-electron chi connectivity index (χ1n) is 5.16. The third-order valence-electron chi connectivity index (χ3n) is 1.91. The molecule has 0 aromatic heterocycles. The lowest BCUT2D eigenvalue weighted by Gasteiger charge is -1.96. The largest absolute Gasteiger partial charge is 0.103 e. The van der Waals surface area contributed by atoms with E-state index in [2.05, 4.69) is 25.7 Å². The first-order valence-corrected chi connectivity index (χ1v) is 5.16. The summed E-state index contributed by atoms with van der Waals surface area (Å²) in [5.41, 5.74) is 0. The van der Waals surface area contributed by atoms with Gasteiger partial charge < -0.3 is 0 Å². The van der Waals surface area contributed by atoms with Crippen LogP contribution < -0.4 is 0 Å². The topological polar surface area (TPSA) is 0 Å². The van der Waals surface area contributed by atoms with Crippen LogP contribution in [0.3, 0.4) is 0 Å². The van der Waals surface area contributed by atoms with Crippen molar-refractivity contribution in [2.24, 2.45) is 0 Å². The first-order chi connectivity index (χ1) is 5.91. The summed E-state index contributed by atoms with van der Waals surface area (Å²) in [5.74, 6) is 6.10. The van der Waals surface area contributed by atoms with Gasteiger partial charge in [0.1, 0.15) is 0 Å². The number of rotatable bonds is 6. The van der Waals surface area contributed by atoms with Gasteiger partial charge in [0.05, 0.1) is 0 Å². The van der Waals surface area contributed by atoms with Gasteiger partial charge in [-0.25, -0.2) is 0 Å². The van der Waals surface area contributed by atoms with E-state index >= 15 is 0 Å². The molecule has 0 aliphatic carbocycles. The summed E-state index contributed by atoms with van der Waals surface area (Å²) >= 11 is 0. The van der Waals surface area contributed by atoms with Gasteiger partial charge in [0, 0.05) is 12.8 Å². The van der Waals surface area contributed by atoms with Crippen LogP contribution in [0.5, 0.6) is 0 Å². The van der Waals surface area contributed by atoms with Crippen LogP contribution in [0.25, 0.3) is 0 Å². The molecule has 0 aromatic carbocycles. The minimum atomic E-state index is 0.760. The molecule has 69 valence electrons. The van der Waals surface area contributed by atoms with Gasteiger partial charge in [-0.2, -0.15) is 0 Å². The van der Waals surface area contributed by atoms with Crippen molar-refractivity contribution in [3.05, 3.63) is 6.92 Å². The monoisotopic (exact) mass is 165 g/mol. The van der Waals surface area contributed by atoms with Crippen molar-refractivity contribution in [2.45, 2.75) is 58.3 Å².